The van der Waals surface area contributed by atoms with Crippen molar-refractivity contribution in [3.8, 4) is 5.75 Å². The molecule has 0 aromatic heterocycles. The second kappa shape index (κ2) is 6.27. The molecular weight excluding hydrogens is 226 g/mol. The summed E-state index contributed by atoms with van der Waals surface area (Å²) < 4.78 is 10.1. The number of rotatable bonds is 5. The normalized spacial score (nSPS) is 9.88. The number of thioether (sulfide) groups is 1. The molecule has 0 saturated carbocycles. The number of ether oxygens (including phenoxy) is 2. The van der Waals surface area contributed by atoms with Crippen LogP contribution in [0.5, 0.6) is 5.75 Å². The Morgan fingerprint density at radius 1 is 1.50 bits per heavy atom. The van der Waals surface area contributed by atoms with Crippen molar-refractivity contribution in [2.24, 2.45) is 0 Å². The predicted octanol–water partition coefficient (Wildman–Crippen LogP) is 1.80. The summed E-state index contributed by atoms with van der Waals surface area (Å²) in [6.45, 7) is 0.387. The summed E-state index contributed by atoms with van der Waals surface area (Å²) in [5.74, 6) is 0.742. The minimum absolute atomic E-state index is 0.364. The average Bonchev–Trinajstić information content (AvgIpc) is 2.29. The number of hydrogen-bond acceptors (Lipinski definition) is 5. The molecular formula is C11H15NO3S. The van der Waals surface area contributed by atoms with Gasteiger partial charge in [-0.05, 0) is 18.4 Å². The molecule has 88 valence electrons. The maximum absolute atomic E-state index is 11.7. The summed E-state index contributed by atoms with van der Waals surface area (Å²) in [6, 6.07) is 5.01. The van der Waals surface area contributed by atoms with Gasteiger partial charge in [0, 0.05) is 5.75 Å². The van der Waals surface area contributed by atoms with Crippen LogP contribution in [0.25, 0.3) is 0 Å². The molecule has 0 atom stereocenters. The molecule has 1 aromatic rings. The van der Waals surface area contributed by atoms with Gasteiger partial charge in [0.25, 0.3) is 0 Å². The highest BCUT2D eigenvalue weighted by Gasteiger charge is 2.15. The van der Waals surface area contributed by atoms with E-state index in [1.54, 1.807) is 30.0 Å². The van der Waals surface area contributed by atoms with Gasteiger partial charge in [0.15, 0.2) is 5.75 Å². The zero-order valence-electron chi connectivity index (χ0n) is 9.36. The molecule has 2 N–H and O–H groups in total. The predicted molar refractivity (Wildman–Crippen MR) is 66.1 cm³/mol. The van der Waals surface area contributed by atoms with Crippen LogP contribution in [0.3, 0.4) is 0 Å². The standard InChI is InChI=1S/C11H15NO3S/c1-14-10-8(4-3-5-9(10)12)11(13)15-6-7-16-2/h3-5H,6-7,12H2,1-2H3. The first-order valence-corrected chi connectivity index (χ1v) is 6.18. The molecule has 1 rings (SSSR count). The van der Waals surface area contributed by atoms with Gasteiger partial charge in [0.05, 0.1) is 12.8 Å². The molecule has 0 amide bonds. The number of benzene rings is 1. The third-order valence-electron chi connectivity index (χ3n) is 1.99. The number of nitrogen functional groups attached to an aromatic ring is 1. The van der Waals surface area contributed by atoms with Crippen molar-refractivity contribution in [2.45, 2.75) is 0 Å². The highest BCUT2D eigenvalue weighted by atomic mass is 32.2. The molecule has 0 unspecified atom stereocenters. The molecule has 0 aliphatic rings. The number of anilines is 1. The van der Waals surface area contributed by atoms with Gasteiger partial charge in [0.1, 0.15) is 12.2 Å². The zero-order valence-corrected chi connectivity index (χ0v) is 10.2. The Balaban J connectivity index is 2.78. The maximum Gasteiger partial charge on any atom is 0.342 e. The highest BCUT2D eigenvalue weighted by molar-refractivity contribution is 7.98. The molecule has 4 nitrogen and oxygen atoms in total. The van der Waals surface area contributed by atoms with Crippen LogP contribution in [0.1, 0.15) is 10.4 Å². The minimum atomic E-state index is -0.404. The number of nitrogens with two attached hydrogens (primary N) is 1. The van der Waals surface area contributed by atoms with Crippen LogP contribution >= 0.6 is 11.8 Å². The SMILES string of the molecule is COc1c(N)cccc1C(=O)OCCSC. The third kappa shape index (κ3) is 3.06. The van der Waals surface area contributed by atoms with E-state index in [-0.39, 0.29) is 0 Å². The molecule has 0 fully saturated rings. The Morgan fingerprint density at radius 2 is 2.25 bits per heavy atom. The maximum atomic E-state index is 11.7. The van der Waals surface area contributed by atoms with Crippen molar-refractivity contribution in [3.63, 3.8) is 0 Å². The fourth-order valence-electron chi connectivity index (χ4n) is 1.24. The van der Waals surface area contributed by atoms with Crippen molar-refractivity contribution in [1.82, 2.24) is 0 Å². The molecule has 1 aromatic carbocycles. The van der Waals surface area contributed by atoms with Gasteiger partial charge in [-0.25, -0.2) is 4.79 Å². The van der Waals surface area contributed by atoms with E-state index in [2.05, 4.69) is 0 Å². The lowest BCUT2D eigenvalue weighted by Gasteiger charge is -2.10. The molecule has 0 spiro atoms. The lowest BCUT2D eigenvalue weighted by Crippen LogP contribution is -2.10. The van der Waals surface area contributed by atoms with Crippen molar-refractivity contribution >= 4 is 23.4 Å². The molecule has 0 aliphatic heterocycles. The van der Waals surface area contributed by atoms with Gasteiger partial charge in [-0.3, -0.25) is 0 Å². The molecule has 16 heavy (non-hydrogen) atoms. The van der Waals surface area contributed by atoms with E-state index >= 15 is 0 Å². The average molecular weight is 241 g/mol. The van der Waals surface area contributed by atoms with Crippen LogP contribution in [0.15, 0.2) is 18.2 Å². The van der Waals surface area contributed by atoms with Crippen LogP contribution in [0, 0.1) is 0 Å². The second-order valence-corrected chi connectivity index (χ2v) is 4.04. The largest absolute Gasteiger partial charge is 0.494 e. The Kier molecular flexibility index (Phi) is 4.98. The molecule has 5 heteroatoms. The van der Waals surface area contributed by atoms with Gasteiger partial charge in [-0.15, -0.1) is 0 Å². The van der Waals surface area contributed by atoms with E-state index < -0.39 is 5.97 Å². The van der Waals surface area contributed by atoms with E-state index in [1.807, 2.05) is 6.26 Å². The molecule has 0 bridgehead atoms. The lowest BCUT2D eigenvalue weighted by molar-refractivity contribution is 0.0527. The van der Waals surface area contributed by atoms with Crippen molar-refractivity contribution < 1.29 is 14.3 Å². The summed E-state index contributed by atoms with van der Waals surface area (Å²) in [7, 11) is 1.48. The van der Waals surface area contributed by atoms with Crippen molar-refractivity contribution in [2.75, 3.05) is 31.5 Å². The van der Waals surface area contributed by atoms with Gasteiger partial charge < -0.3 is 15.2 Å². The number of hydrogen-bond donors (Lipinski definition) is 1. The number of carbonyl (C=O) groups excluding carboxylic acids is 1. The van der Waals surface area contributed by atoms with E-state index in [0.29, 0.717) is 23.6 Å². The first-order chi connectivity index (χ1) is 7.70. The Labute approximate surface area is 99.1 Å². The van der Waals surface area contributed by atoms with Gasteiger partial charge in [-0.1, -0.05) is 6.07 Å². The first kappa shape index (κ1) is 12.7. The fourth-order valence-corrected chi connectivity index (χ4v) is 1.49. The Hall–Kier alpha value is -1.36. The van der Waals surface area contributed by atoms with Gasteiger partial charge in [-0.2, -0.15) is 11.8 Å². The van der Waals surface area contributed by atoms with Crippen LogP contribution in [0.2, 0.25) is 0 Å². The topological polar surface area (TPSA) is 61.5 Å². The summed E-state index contributed by atoms with van der Waals surface area (Å²) in [5, 5.41) is 0. The zero-order chi connectivity index (χ0) is 12.0. The smallest absolute Gasteiger partial charge is 0.342 e. The van der Waals surface area contributed by atoms with Crippen LogP contribution in [-0.2, 0) is 4.74 Å². The third-order valence-corrected chi connectivity index (χ3v) is 2.57. The number of methoxy groups -OCH3 is 1. The quantitative estimate of drug-likeness (QED) is 0.484. The number of esters is 1. The fraction of sp³-hybridized carbons (Fsp3) is 0.364. The first-order valence-electron chi connectivity index (χ1n) is 4.79. The Bertz CT molecular complexity index is 368. The summed E-state index contributed by atoms with van der Waals surface area (Å²) in [5.41, 5.74) is 6.48. The van der Waals surface area contributed by atoms with Crippen LogP contribution < -0.4 is 10.5 Å². The van der Waals surface area contributed by atoms with E-state index in [0.717, 1.165) is 5.75 Å². The van der Waals surface area contributed by atoms with Crippen molar-refractivity contribution in [3.05, 3.63) is 23.8 Å². The Morgan fingerprint density at radius 3 is 2.88 bits per heavy atom. The lowest BCUT2D eigenvalue weighted by atomic mass is 10.2. The van der Waals surface area contributed by atoms with Crippen molar-refractivity contribution in [1.29, 1.82) is 0 Å². The monoisotopic (exact) mass is 241 g/mol. The summed E-state index contributed by atoms with van der Waals surface area (Å²) in [4.78, 5) is 11.7. The van der Waals surface area contributed by atoms with Gasteiger partial charge in [0.2, 0.25) is 0 Å². The van der Waals surface area contributed by atoms with Gasteiger partial charge >= 0.3 is 5.97 Å². The molecule has 0 radical (unpaired) electrons. The van der Waals surface area contributed by atoms with E-state index in [4.69, 9.17) is 15.2 Å². The van der Waals surface area contributed by atoms with E-state index in [9.17, 15) is 4.79 Å². The summed E-state index contributed by atoms with van der Waals surface area (Å²) in [6.07, 6.45) is 1.95. The number of para-hydroxylation sites is 1. The van der Waals surface area contributed by atoms with Crippen LogP contribution in [-0.4, -0.2) is 31.7 Å². The molecule has 0 aliphatic carbocycles. The minimum Gasteiger partial charge on any atom is -0.494 e. The second-order valence-electron chi connectivity index (χ2n) is 3.06. The molecule has 0 heterocycles. The summed E-state index contributed by atoms with van der Waals surface area (Å²) >= 11 is 1.62. The van der Waals surface area contributed by atoms with Crippen LogP contribution in [0.4, 0.5) is 5.69 Å². The molecule has 0 saturated heterocycles. The number of carbonyl (C=O) groups is 1. The van der Waals surface area contributed by atoms with E-state index in [1.165, 1.54) is 7.11 Å². The highest BCUT2D eigenvalue weighted by Crippen LogP contribution is 2.26.